The quantitative estimate of drug-likeness (QED) is 0.153. The zero-order valence-electron chi connectivity index (χ0n) is 22.9. The van der Waals surface area contributed by atoms with Gasteiger partial charge in [-0.25, -0.2) is 0 Å². The number of nitrogens with zero attached hydrogens (tertiary/aromatic N) is 3. The van der Waals surface area contributed by atoms with Crippen LogP contribution in [0.2, 0.25) is 39.3 Å². The molecule has 0 bridgehead atoms. The number of rotatable bonds is 18. The van der Waals surface area contributed by atoms with Crippen molar-refractivity contribution in [3.63, 3.8) is 0 Å². The van der Waals surface area contributed by atoms with Gasteiger partial charge in [-0.3, -0.25) is 0 Å². The highest BCUT2D eigenvalue weighted by molar-refractivity contribution is 7.57. The molecule has 31 heavy (non-hydrogen) atoms. The average Bonchev–Trinajstić information content (AvgIpc) is 2.64. The van der Waals surface area contributed by atoms with E-state index in [1.807, 2.05) is 0 Å². The van der Waals surface area contributed by atoms with Crippen LogP contribution in [0.4, 0.5) is 0 Å². The van der Waals surface area contributed by atoms with Crippen LogP contribution < -0.4 is 0 Å². The Bertz CT molecular complexity index is 415. The van der Waals surface area contributed by atoms with Gasteiger partial charge >= 0.3 is 0 Å². The summed E-state index contributed by atoms with van der Waals surface area (Å²) in [6, 6.07) is 0. The summed E-state index contributed by atoms with van der Waals surface area (Å²) in [4.78, 5) is 0. The lowest BCUT2D eigenvalue weighted by atomic mass is 10.5. The van der Waals surface area contributed by atoms with Crippen molar-refractivity contribution in [3.05, 3.63) is 0 Å². The molecule has 0 amide bonds. The van der Waals surface area contributed by atoms with E-state index in [1.54, 1.807) is 0 Å². The smallest absolute Gasteiger partial charge is 0.264 e. The Morgan fingerprint density at radius 1 is 0.484 bits per heavy atom. The molecule has 0 aliphatic rings. The van der Waals surface area contributed by atoms with E-state index >= 15 is 0 Å². The van der Waals surface area contributed by atoms with E-state index in [2.05, 4.69) is 95.3 Å². The van der Waals surface area contributed by atoms with Gasteiger partial charge in [0, 0.05) is 19.8 Å². The molecule has 0 fully saturated rings. The van der Waals surface area contributed by atoms with Gasteiger partial charge in [0.05, 0.1) is 0 Å². The lowest BCUT2D eigenvalue weighted by Gasteiger charge is -2.31. The van der Waals surface area contributed by atoms with Crippen molar-refractivity contribution in [2.45, 2.75) is 58.5 Å². The van der Waals surface area contributed by atoms with Crippen LogP contribution in [0, 0.1) is 0 Å². The molecule has 0 aromatic rings. The molecule has 0 atom stereocenters. The SMILES string of the molecule is CN(C)[Si](C)(C)OCCCP(CCCO[Si](C)(C)N(C)C)CCCO[Si](C)(C)N(C)C. The van der Waals surface area contributed by atoms with Crippen molar-refractivity contribution in [1.82, 2.24) is 13.7 Å². The molecular weight excluding hydrogens is 457 g/mol. The van der Waals surface area contributed by atoms with Gasteiger partial charge in [0.25, 0.3) is 25.4 Å². The molecule has 0 saturated carbocycles. The predicted molar refractivity (Wildman–Crippen MR) is 147 cm³/mol. The minimum Gasteiger partial charge on any atom is -0.403 e. The van der Waals surface area contributed by atoms with E-state index in [0.717, 1.165) is 19.8 Å². The molecule has 0 aromatic carbocycles. The Morgan fingerprint density at radius 3 is 0.903 bits per heavy atom. The molecule has 0 saturated heterocycles. The van der Waals surface area contributed by atoms with Crippen LogP contribution in [0.25, 0.3) is 0 Å². The van der Waals surface area contributed by atoms with E-state index in [0.29, 0.717) is 0 Å². The van der Waals surface area contributed by atoms with Crippen molar-refractivity contribution in [2.24, 2.45) is 0 Å². The summed E-state index contributed by atoms with van der Waals surface area (Å²) in [5.74, 6) is 0. The Kier molecular flexibility index (Phi) is 15.4. The van der Waals surface area contributed by atoms with Crippen LogP contribution in [0.1, 0.15) is 19.3 Å². The Hall–Kier alpha value is 0.841. The zero-order valence-corrected chi connectivity index (χ0v) is 26.8. The summed E-state index contributed by atoms with van der Waals surface area (Å²) in [6.07, 6.45) is 7.43. The topological polar surface area (TPSA) is 37.4 Å². The van der Waals surface area contributed by atoms with Gasteiger partial charge in [-0.1, -0.05) is 0 Å². The summed E-state index contributed by atoms with van der Waals surface area (Å²) in [6.45, 7) is 16.3. The molecule has 0 heterocycles. The maximum atomic E-state index is 6.26. The minimum atomic E-state index is -1.68. The van der Waals surface area contributed by atoms with Crippen LogP contribution in [-0.4, -0.2) is 120 Å². The normalized spacial score (nSPS) is 13.9. The first-order valence-electron chi connectivity index (χ1n) is 11.8. The van der Waals surface area contributed by atoms with Gasteiger partial charge < -0.3 is 27.0 Å². The fourth-order valence-electron chi connectivity index (χ4n) is 2.55. The Balaban J connectivity index is 4.50. The first kappa shape index (κ1) is 31.8. The maximum absolute atomic E-state index is 6.26. The third-order valence-corrected chi connectivity index (χ3v) is 18.5. The second-order valence-corrected chi connectivity index (χ2v) is 25.4. The first-order valence-corrected chi connectivity index (χ1v) is 22.2. The summed E-state index contributed by atoms with van der Waals surface area (Å²) >= 11 is 0. The molecule has 0 aliphatic heterocycles. The van der Waals surface area contributed by atoms with Crippen molar-refractivity contribution in [1.29, 1.82) is 0 Å². The van der Waals surface area contributed by atoms with Crippen LogP contribution in [-0.2, 0) is 13.3 Å². The van der Waals surface area contributed by atoms with Crippen LogP contribution in [0.5, 0.6) is 0 Å². The summed E-state index contributed by atoms with van der Waals surface area (Å²) < 4.78 is 25.6. The molecule has 0 aliphatic carbocycles. The monoisotopic (exact) mass is 511 g/mol. The van der Waals surface area contributed by atoms with E-state index in [1.165, 1.54) is 37.7 Å². The zero-order chi connectivity index (χ0) is 24.3. The molecule has 0 spiro atoms. The Morgan fingerprint density at radius 2 is 0.710 bits per heavy atom. The molecule has 0 unspecified atom stereocenters. The van der Waals surface area contributed by atoms with Gasteiger partial charge in [-0.15, -0.1) is 7.92 Å². The highest BCUT2D eigenvalue weighted by Crippen LogP contribution is 2.38. The van der Waals surface area contributed by atoms with Crippen molar-refractivity contribution in [2.75, 3.05) is 80.6 Å². The van der Waals surface area contributed by atoms with E-state index in [-0.39, 0.29) is 7.92 Å². The molecule has 0 rings (SSSR count). The van der Waals surface area contributed by atoms with E-state index in [4.69, 9.17) is 13.3 Å². The first-order chi connectivity index (χ1) is 14.1. The molecule has 10 heteroatoms. The molecule has 188 valence electrons. The van der Waals surface area contributed by atoms with E-state index < -0.39 is 25.4 Å². The van der Waals surface area contributed by atoms with Gasteiger partial charge in [-0.2, -0.15) is 0 Å². The van der Waals surface area contributed by atoms with Crippen LogP contribution in [0.15, 0.2) is 0 Å². The lowest BCUT2D eigenvalue weighted by molar-refractivity contribution is 0.267. The molecular formula is C21H54N3O3PSi3. The molecule has 6 nitrogen and oxygen atoms in total. The summed E-state index contributed by atoms with van der Waals surface area (Å²) in [7, 11) is 7.79. The maximum Gasteiger partial charge on any atom is 0.264 e. The highest BCUT2D eigenvalue weighted by atomic mass is 31.1. The second kappa shape index (κ2) is 15.0. The third-order valence-electron chi connectivity index (χ3n) is 6.45. The average molecular weight is 512 g/mol. The van der Waals surface area contributed by atoms with Crippen LogP contribution in [0.3, 0.4) is 0 Å². The fourth-order valence-corrected chi connectivity index (χ4v) is 7.66. The molecule has 0 N–H and O–H groups in total. The standard InChI is InChI=1S/C21H54N3O3PSi3/c1-22(2)29(7,8)25-16-13-19-28(20-14-17-26-30(9,10)23(3)4)21-15-18-27-31(11,12)24(5)6/h13-21H2,1-12H3. The highest BCUT2D eigenvalue weighted by Gasteiger charge is 2.27. The number of hydrogen-bond donors (Lipinski definition) is 0. The van der Waals surface area contributed by atoms with Gasteiger partial charge in [-0.05, 0) is 119 Å². The fraction of sp³-hybridized carbons (Fsp3) is 1.00. The predicted octanol–water partition coefficient (Wildman–Crippen LogP) is 4.48. The van der Waals surface area contributed by atoms with Gasteiger partial charge in [0.1, 0.15) is 0 Å². The van der Waals surface area contributed by atoms with Gasteiger partial charge in [0.2, 0.25) is 0 Å². The summed E-state index contributed by atoms with van der Waals surface area (Å²) in [5, 5.41) is 0. The third kappa shape index (κ3) is 14.0. The van der Waals surface area contributed by atoms with Crippen LogP contribution >= 0.6 is 7.92 Å². The second-order valence-electron chi connectivity index (χ2n) is 10.5. The molecule has 0 radical (unpaired) electrons. The van der Waals surface area contributed by atoms with Crippen molar-refractivity contribution in [3.8, 4) is 0 Å². The van der Waals surface area contributed by atoms with Gasteiger partial charge in [0.15, 0.2) is 0 Å². The molecule has 0 aromatic heterocycles. The lowest BCUT2D eigenvalue weighted by Crippen LogP contribution is -2.47. The van der Waals surface area contributed by atoms with Crippen molar-refractivity contribution < 1.29 is 13.3 Å². The van der Waals surface area contributed by atoms with Crippen molar-refractivity contribution >= 4 is 33.4 Å². The Labute approximate surface area is 199 Å². The van der Waals surface area contributed by atoms with E-state index in [9.17, 15) is 0 Å². The minimum absolute atomic E-state index is 0.0164. The largest absolute Gasteiger partial charge is 0.403 e. The summed E-state index contributed by atoms with van der Waals surface area (Å²) in [5.41, 5.74) is 0. The number of hydrogen-bond acceptors (Lipinski definition) is 6.